The molecule has 6 heteroatoms. The van der Waals surface area contributed by atoms with E-state index >= 15 is 0 Å². The third-order valence-corrected chi connectivity index (χ3v) is 6.84. The Hall–Kier alpha value is -2.60. The van der Waals surface area contributed by atoms with Crippen LogP contribution in [-0.2, 0) is 4.74 Å². The van der Waals surface area contributed by atoms with Crippen molar-refractivity contribution in [2.45, 2.75) is 28.7 Å². The van der Waals surface area contributed by atoms with Gasteiger partial charge in [0.1, 0.15) is 0 Å². The van der Waals surface area contributed by atoms with Gasteiger partial charge in [0.2, 0.25) is 0 Å². The van der Waals surface area contributed by atoms with Crippen LogP contribution in [0.2, 0.25) is 5.02 Å². The quantitative estimate of drug-likeness (QED) is 0.424. The van der Waals surface area contributed by atoms with Gasteiger partial charge in [-0.05, 0) is 49.2 Å². The molecule has 1 saturated heterocycles. The Balaban J connectivity index is 1.50. The van der Waals surface area contributed by atoms with Gasteiger partial charge in [0.15, 0.2) is 0 Å². The van der Waals surface area contributed by atoms with E-state index < -0.39 is 0 Å². The fraction of sp³-hybridized carbons (Fsp3) is 0.200. The maximum absolute atomic E-state index is 12.7. The average Bonchev–Trinajstić information content (AvgIpc) is 3.26. The zero-order valence-corrected chi connectivity index (χ0v) is 18.4. The van der Waals surface area contributed by atoms with Gasteiger partial charge in [0, 0.05) is 44.7 Å². The molecule has 3 aromatic rings. The van der Waals surface area contributed by atoms with Crippen molar-refractivity contribution in [2.24, 2.45) is 4.99 Å². The molecule has 1 N–H and O–H groups in total. The van der Waals surface area contributed by atoms with Gasteiger partial charge in [-0.2, -0.15) is 0 Å². The lowest BCUT2D eigenvalue weighted by Crippen LogP contribution is -2.31. The maximum atomic E-state index is 12.7. The summed E-state index contributed by atoms with van der Waals surface area (Å²) in [6, 6.07) is 21.6. The second-order valence-electron chi connectivity index (χ2n) is 7.59. The molecule has 0 aliphatic carbocycles. The largest absolute Gasteiger partial charge is 0.376 e. The minimum absolute atomic E-state index is 0.103. The standard InChI is InChI=1S/C25H21ClN2O2S/c26-18-10-7-16(8-11-18)24-20-5-1-2-6-22(20)31-23-12-9-17(14-21(23)28-24)25(29)27-15-19-4-3-13-30-19/h1-2,5-12,14,19H,3-4,13,15H2,(H,27,29). The lowest BCUT2D eigenvalue weighted by molar-refractivity contribution is 0.0858. The number of nitrogens with zero attached hydrogens (tertiary/aromatic N) is 1. The molecule has 31 heavy (non-hydrogen) atoms. The molecule has 1 fully saturated rings. The van der Waals surface area contributed by atoms with Crippen LogP contribution in [0.3, 0.4) is 0 Å². The molecule has 0 radical (unpaired) electrons. The molecule has 2 aliphatic heterocycles. The highest BCUT2D eigenvalue weighted by atomic mass is 35.5. The Morgan fingerprint density at radius 3 is 2.74 bits per heavy atom. The van der Waals surface area contributed by atoms with Gasteiger partial charge in [-0.15, -0.1) is 0 Å². The normalized spacial score (nSPS) is 17.3. The number of hydrogen-bond acceptors (Lipinski definition) is 4. The number of fused-ring (bicyclic) bond motifs is 2. The van der Waals surface area contributed by atoms with Crippen LogP contribution in [-0.4, -0.2) is 30.9 Å². The molecule has 5 rings (SSSR count). The summed E-state index contributed by atoms with van der Waals surface area (Å²) < 4.78 is 5.60. The molecule has 1 unspecified atom stereocenters. The molecule has 0 spiro atoms. The Morgan fingerprint density at radius 1 is 1.10 bits per heavy atom. The third kappa shape index (κ3) is 4.40. The summed E-state index contributed by atoms with van der Waals surface area (Å²) in [7, 11) is 0. The fourth-order valence-electron chi connectivity index (χ4n) is 3.82. The number of nitrogens with one attached hydrogen (secondary N) is 1. The molecular formula is C25H21ClN2O2S. The first-order valence-electron chi connectivity index (χ1n) is 10.3. The van der Waals surface area contributed by atoms with E-state index in [1.807, 2.05) is 54.6 Å². The molecule has 2 heterocycles. The van der Waals surface area contributed by atoms with E-state index in [4.69, 9.17) is 21.3 Å². The molecule has 0 saturated carbocycles. The molecule has 156 valence electrons. The topological polar surface area (TPSA) is 50.7 Å². The van der Waals surface area contributed by atoms with Crippen molar-refractivity contribution >= 4 is 40.7 Å². The summed E-state index contributed by atoms with van der Waals surface area (Å²) in [6.45, 7) is 1.31. The highest BCUT2D eigenvalue weighted by molar-refractivity contribution is 7.99. The maximum Gasteiger partial charge on any atom is 0.251 e. The van der Waals surface area contributed by atoms with E-state index in [-0.39, 0.29) is 12.0 Å². The Morgan fingerprint density at radius 2 is 1.94 bits per heavy atom. The van der Waals surface area contributed by atoms with Gasteiger partial charge >= 0.3 is 0 Å². The van der Waals surface area contributed by atoms with Gasteiger partial charge in [-0.1, -0.05) is 53.7 Å². The van der Waals surface area contributed by atoms with E-state index in [1.54, 1.807) is 11.8 Å². The molecule has 1 amide bonds. The second kappa shape index (κ2) is 8.87. The number of ether oxygens (including phenoxy) is 1. The van der Waals surface area contributed by atoms with Gasteiger partial charge in [0.25, 0.3) is 5.91 Å². The van der Waals surface area contributed by atoms with E-state index in [0.29, 0.717) is 17.1 Å². The van der Waals surface area contributed by atoms with Crippen molar-refractivity contribution < 1.29 is 9.53 Å². The van der Waals surface area contributed by atoms with Crippen molar-refractivity contribution in [3.05, 3.63) is 88.4 Å². The summed E-state index contributed by atoms with van der Waals surface area (Å²) in [5.41, 5.74) is 4.31. The summed E-state index contributed by atoms with van der Waals surface area (Å²) in [5, 5.41) is 3.68. The molecule has 1 atom stereocenters. The number of amides is 1. The molecular weight excluding hydrogens is 428 g/mol. The lowest BCUT2D eigenvalue weighted by atomic mass is 10.0. The van der Waals surface area contributed by atoms with Crippen LogP contribution in [0.5, 0.6) is 0 Å². The van der Waals surface area contributed by atoms with Crippen LogP contribution >= 0.6 is 23.4 Å². The van der Waals surface area contributed by atoms with E-state index in [1.165, 1.54) is 0 Å². The molecule has 4 nitrogen and oxygen atoms in total. The van der Waals surface area contributed by atoms with Crippen molar-refractivity contribution in [2.75, 3.05) is 13.2 Å². The predicted molar refractivity (Wildman–Crippen MR) is 125 cm³/mol. The Bertz CT molecular complexity index is 1150. The number of carbonyl (C=O) groups is 1. The smallest absolute Gasteiger partial charge is 0.251 e. The first kappa shape index (κ1) is 20.3. The molecule has 3 aromatic carbocycles. The van der Waals surface area contributed by atoms with Crippen molar-refractivity contribution in [1.29, 1.82) is 0 Å². The van der Waals surface area contributed by atoms with E-state index in [0.717, 1.165) is 51.8 Å². The van der Waals surface area contributed by atoms with Crippen LogP contribution in [0.25, 0.3) is 0 Å². The highest BCUT2D eigenvalue weighted by Gasteiger charge is 2.21. The number of halogens is 1. The minimum Gasteiger partial charge on any atom is -0.376 e. The summed E-state index contributed by atoms with van der Waals surface area (Å²) >= 11 is 7.77. The van der Waals surface area contributed by atoms with E-state index in [9.17, 15) is 4.79 Å². The molecule has 0 aromatic heterocycles. The van der Waals surface area contributed by atoms with Gasteiger partial charge in [-0.25, -0.2) is 4.99 Å². The summed E-state index contributed by atoms with van der Waals surface area (Å²) in [4.78, 5) is 19.9. The van der Waals surface area contributed by atoms with E-state index in [2.05, 4.69) is 17.4 Å². The number of hydrogen-bond donors (Lipinski definition) is 1. The predicted octanol–water partition coefficient (Wildman–Crippen LogP) is 5.88. The number of benzene rings is 3. The van der Waals surface area contributed by atoms with Gasteiger partial charge in [0.05, 0.1) is 17.5 Å². The van der Waals surface area contributed by atoms with Crippen molar-refractivity contribution in [3.8, 4) is 0 Å². The fourth-order valence-corrected chi connectivity index (χ4v) is 4.95. The van der Waals surface area contributed by atoms with Crippen LogP contribution in [0.4, 0.5) is 5.69 Å². The Labute approximate surface area is 190 Å². The molecule has 0 bridgehead atoms. The zero-order chi connectivity index (χ0) is 21.2. The van der Waals surface area contributed by atoms with Crippen LogP contribution in [0, 0.1) is 0 Å². The minimum atomic E-state index is -0.103. The molecule has 2 aliphatic rings. The van der Waals surface area contributed by atoms with Gasteiger partial charge < -0.3 is 10.1 Å². The van der Waals surface area contributed by atoms with Crippen LogP contribution < -0.4 is 5.32 Å². The average molecular weight is 449 g/mol. The number of rotatable bonds is 4. The number of aliphatic imine (C=N–C) groups is 1. The Kier molecular flexibility index (Phi) is 5.81. The number of carbonyl (C=O) groups excluding carboxylic acids is 1. The van der Waals surface area contributed by atoms with Crippen molar-refractivity contribution in [1.82, 2.24) is 5.32 Å². The zero-order valence-electron chi connectivity index (χ0n) is 16.8. The summed E-state index contributed by atoms with van der Waals surface area (Å²) in [6.07, 6.45) is 2.16. The van der Waals surface area contributed by atoms with Crippen LogP contribution in [0.15, 0.2) is 81.5 Å². The first-order valence-corrected chi connectivity index (χ1v) is 11.5. The lowest BCUT2D eigenvalue weighted by Gasteiger charge is -2.11. The first-order chi connectivity index (χ1) is 15.2. The van der Waals surface area contributed by atoms with Crippen molar-refractivity contribution in [3.63, 3.8) is 0 Å². The highest BCUT2D eigenvalue weighted by Crippen LogP contribution is 2.41. The van der Waals surface area contributed by atoms with Gasteiger partial charge in [-0.3, -0.25) is 4.79 Å². The second-order valence-corrected chi connectivity index (χ2v) is 9.11. The SMILES string of the molecule is O=C(NCC1CCCO1)c1ccc2c(c1)N=C(c1ccc(Cl)cc1)c1ccccc1S2. The third-order valence-electron chi connectivity index (χ3n) is 5.45. The monoisotopic (exact) mass is 448 g/mol. The summed E-state index contributed by atoms with van der Waals surface area (Å²) in [5.74, 6) is -0.103. The van der Waals surface area contributed by atoms with Crippen LogP contribution in [0.1, 0.15) is 34.3 Å².